The van der Waals surface area contributed by atoms with Gasteiger partial charge in [0.1, 0.15) is 5.82 Å². The molecule has 1 atom stereocenters. The van der Waals surface area contributed by atoms with E-state index in [1.54, 1.807) is 0 Å². The van der Waals surface area contributed by atoms with Gasteiger partial charge in [-0.25, -0.2) is 9.18 Å². The highest BCUT2D eigenvalue weighted by Crippen LogP contribution is 2.40. The average molecular weight is 472 g/mol. The van der Waals surface area contributed by atoms with Crippen molar-refractivity contribution in [1.82, 2.24) is 4.98 Å². The first-order valence-corrected chi connectivity index (χ1v) is 9.24. The third kappa shape index (κ3) is 5.07. The molecule has 3 aromatic rings. The number of rotatable bonds is 5. The van der Waals surface area contributed by atoms with E-state index in [-0.39, 0.29) is 22.9 Å². The lowest BCUT2D eigenvalue weighted by atomic mass is 9.97. The maximum atomic E-state index is 14.4. The molecule has 0 fully saturated rings. The summed E-state index contributed by atoms with van der Waals surface area (Å²) in [6, 6.07) is 5.48. The fourth-order valence-electron chi connectivity index (χ4n) is 3.38. The topological polar surface area (TPSA) is 53.4 Å². The van der Waals surface area contributed by atoms with Crippen LogP contribution in [0, 0.1) is 5.82 Å². The van der Waals surface area contributed by atoms with Crippen molar-refractivity contribution in [2.75, 3.05) is 11.9 Å². The quantitative estimate of drug-likeness (QED) is 0.450. The van der Waals surface area contributed by atoms with E-state index in [1.807, 2.05) is 0 Å². The maximum absolute atomic E-state index is 14.4. The first-order chi connectivity index (χ1) is 15.3. The molecular weight excluding hydrogens is 457 g/mol. The summed E-state index contributed by atoms with van der Waals surface area (Å²) < 4.78 is 94.0. The highest BCUT2D eigenvalue weighted by Gasteiger charge is 2.39. The molecule has 0 saturated heterocycles. The summed E-state index contributed by atoms with van der Waals surface area (Å²) in [5.41, 5.74) is -3.86. The number of carbonyl (C=O) groups is 1. The fourth-order valence-corrected chi connectivity index (χ4v) is 3.38. The number of pyridine rings is 1. The average Bonchev–Trinajstić information content (AvgIpc) is 2.72. The van der Waals surface area contributed by atoms with Crippen molar-refractivity contribution in [3.63, 3.8) is 0 Å². The normalized spacial score (nSPS) is 13.0. The first-order valence-electron chi connectivity index (χ1n) is 9.24. The van der Waals surface area contributed by atoms with Gasteiger partial charge >= 0.3 is 18.3 Å². The van der Waals surface area contributed by atoms with E-state index >= 15 is 0 Å². The molecule has 1 aromatic heterocycles. The van der Waals surface area contributed by atoms with Crippen LogP contribution in [-0.2, 0) is 17.1 Å². The van der Waals surface area contributed by atoms with Crippen LogP contribution in [0.25, 0.3) is 11.1 Å². The monoisotopic (exact) mass is 472 g/mol. The van der Waals surface area contributed by atoms with Crippen LogP contribution in [0.4, 0.5) is 36.4 Å². The molecule has 1 unspecified atom stereocenters. The zero-order chi connectivity index (χ0) is 24.6. The second kappa shape index (κ2) is 8.72. The minimum atomic E-state index is -5.15. The van der Waals surface area contributed by atoms with Gasteiger partial charge in [0.05, 0.1) is 23.0 Å². The van der Waals surface area contributed by atoms with Crippen LogP contribution in [-0.4, -0.2) is 23.1 Å². The van der Waals surface area contributed by atoms with Gasteiger partial charge in [0, 0.05) is 24.4 Å². The standard InChI is InChI=1S/C22H15F7N2O2/c1-31(18-11-30-7-6-16(18)15-4-2-3-5-17(15)23)19(20(32)33)12-8-13(21(24,25)26)10-14(9-12)22(27,28)29/h2-11,19H,1H3,(H,32,33). The molecule has 0 saturated carbocycles. The molecule has 0 spiro atoms. The minimum absolute atomic E-state index is 0.0130. The Labute approximate surface area is 182 Å². The predicted octanol–water partition coefficient (Wildman–Crippen LogP) is 6.19. The Hall–Kier alpha value is -3.63. The van der Waals surface area contributed by atoms with E-state index in [9.17, 15) is 40.6 Å². The van der Waals surface area contributed by atoms with Crippen LogP contribution < -0.4 is 4.90 Å². The van der Waals surface area contributed by atoms with E-state index in [0.717, 1.165) is 24.2 Å². The number of hydrogen-bond donors (Lipinski definition) is 1. The number of anilines is 1. The summed E-state index contributed by atoms with van der Waals surface area (Å²) in [5, 5.41) is 9.76. The predicted molar refractivity (Wildman–Crippen MR) is 105 cm³/mol. The molecule has 1 N–H and O–H groups in total. The number of halogens is 7. The summed E-state index contributed by atoms with van der Waals surface area (Å²) in [5.74, 6) is -2.38. The summed E-state index contributed by atoms with van der Waals surface area (Å²) >= 11 is 0. The number of benzene rings is 2. The molecule has 3 rings (SSSR count). The molecule has 4 nitrogen and oxygen atoms in total. The summed E-state index contributed by atoms with van der Waals surface area (Å²) in [4.78, 5) is 16.8. The van der Waals surface area contributed by atoms with Crippen LogP contribution >= 0.6 is 0 Å². The Morgan fingerprint density at radius 3 is 2.03 bits per heavy atom. The van der Waals surface area contributed by atoms with Gasteiger partial charge < -0.3 is 10.0 Å². The number of nitrogens with zero attached hydrogens (tertiary/aromatic N) is 2. The Bertz CT molecular complexity index is 1140. The van der Waals surface area contributed by atoms with Crippen molar-refractivity contribution in [2.24, 2.45) is 0 Å². The minimum Gasteiger partial charge on any atom is -0.479 e. The van der Waals surface area contributed by atoms with Crippen molar-refractivity contribution in [1.29, 1.82) is 0 Å². The second-order valence-electron chi connectivity index (χ2n) is 7.06. The third-order valence-corrected chi connectivity index (χ3v) is 4.89. The molecular formula is C22H15F7N2O2. The number of likely N-dealkylation sites (N-methyl/N-ethyl adjacent to an activating group) is 1. The van der Waals surface area contributed by atoms with Gasteiger partial charge in [0.15, 0.2) is 6.04 Å². The first kappa shape index (κ1) is 24.0. The number of alkyl halides is 6. The number of aliphatic carboxylic acids is 1. The number of aromatic nitrogens is 1. The van der Waals surface area contributed by atoms with Crippen LogP contribution in [0.5, 0.6) is 0 Å². The van der Waals surface area contributed by atoms with Gasteiger partial charge in [-0.15, -0.1) is 0 Å². The molecule has 2 aromatic carbocycles. The Morgan fingerprint density at radius 1 is 0.939 bits per heavy atom. The smallest absolute Gasteiger partial charge is 0.416 e. The second-order valence-corrected chi connectivity index (χ2v) is 7.06. The largest absolute Gasteiger partial charge is 0.479 e. The molecule has 0 aliphatic heterocycles. The van der Waals surface area contributed by atoms with Gasteiger partial charge in [0.2, 0.25) is 0 Å². The lowest BCUT2D eigenvalue weighted by Gasteiger charge is -2.29. The highest BCUT2D eigenvalue weighted by molar-refractivity contribution is 5.85. The summed E-state index contributed by atoms with van der Waals surface area (Å²) in [6.07, 6.45) is -7.86. The Morgan fingerprint density at radius 2 is 1.52 bits per heavy atom. The van der Waals surface area contributed by atoms with Crippen molar-refractivity contribution in [3.8, 4) is 11.1 Å². The van der Waals surface area contributed by atoms with Gasteiger partial charge in [-0.1, -0.05) is 18.2 Å². The van der Waals surface area contributed by atoms with Crippen LogP contribution in [0.1, 0.15) is 22.7 Å². The van der Waals surface area contributed by atoms with Crippen LogP contribution in [0.2, 0.25) is 0 Å². The van der Waals surface area contributed by atoms with Crippen molar-refractivity contribution >= 4 is 11.7 Å². The van der Waals surface area contributed by atoms with Crippen molar-refractivity contribution < 1.29 is 40.6 Å². The zero-order valence-corrected chi connectivity index (χ0v) is 16.7. The number of carboxylic acids is 1. The third-order valence-electron chi connectivity index (χ3n) is 4.89. The SMILES string of the molecule is CN(c1cnccc1-c1ccccc1F)C(C(=O)O)c1cc(C(F)(F)F)cc(C(F)(F)F)c1. The summed E-state index contributed by atoms with van der Waals surface area (Å²) in [6.45, 7) is 0. The molecule has 0 radical (unpaired) electrons. The lowest BCUT2D eigenvalue weighted by molar-refractivity contribution is -0.144. The highest BCUT2D eigenvalue weighted by atomic mass is 19.4. The number of hydrogen-bond acceptors (Lipinski definition) is 3. The molecule has 0 amide bonds. The zero-order valence-electron chi connectivity index (χ0n) is 16.7. The van der Waals surface area contributed by atoms with Gasteiger partial charge in [-0.2, -0.15) is 26.3 Å². The Balaban J connectivity index is 2.20. The van der Waals surface area contributed by atoms with E-state index in [0.29, 0.717) is 12.1 Å². The number of carboxylic acid groups (broad SMARTS) is 1. The van der Waals surface area contributed by atoms with Gasteiger partial charge in [0.25, 0.3) is 0 Å². The maximum Gasteiger partial charge on any atom is 0.416 e. The van der Waals surface area contributed by atoms with Gasteiger partial charge in [-0.05, 0) is 35.9 Å². The van der Waals surface area contributed by atoms with E-state index < -0.39 is 46.9 Å². The molecule has 11 heteroatoms. The van der Waals surface area contributed by atoms with Crippen LogP contribution in [0.3, 0.4) is 0 Å². The molecule has 0 aliphatic rings. The molecule has 174 valence electrons. The van der Waals surface area contributed by atoms with E-state index in [4.69, 9.17) is 0 Å². The molecule has 1 heterocycles. The van der Waals surface area contributed by atoms with E-state index in [1.165, 1.54) is 30.5 Å². The molecule has 33 heavy (non-hydrogen) atoms. The van der Waals surface area contributed by atoms with Crippen molar-refractivity contribution in [3.05, 3.63) is 83.4 Å². The molecule has 0 aliphatic carbocycles. The van der Waals surface area contributed by atoms with E-state index in [2.05, 4.69) is 4.98 Å². The summed E-state index contributed by atoms with van der Waals surface area (Å²) in [7, 11) is 1.16. The van der Waals surface area contributed by atoms with Gasteiger partial charge in [-0.3, -0.25) is 4.98 Å². The van der Waals surface area contributed by atoms with Crippen LogP contribution in [0.15, 0.2) is 60.9 Å². The molecule has 0 bridgehead atoms. The lowest BCUT2D eigenvalue weighted by Crippen LogP contribution is -2.32. The Kier molecular flexibility index (Phi) is 6.35. The van der Waals surface area contributed by atoms with Crippen molar-refractivity contribution in [2.45, 2.75) is 18.4 Å². The fraction of sp³-hybridized carbons (Fsp3) is 0.182.